The van der Waals surface area contributed by atoms with E-state index in [1.54, 1.807) is 6.07 Å². The molecule has 0 bridgehead atoms. The summed E-state index contributed by atoms with van der Waals surface area (Å²) in [7, 11) is -3.92. The van der Waals surface area contributed by atoms with Crippen LogP contribution in [0.5, 0.6) is 5.75 Å². The second kappa shape index (κ2) is 6.44. The highest BCUT2D eigenvalue weighted by Gasteiger charge is 2.29. The first-order valence-electron chi connectivity index (χ1n) is 6.95. The standard InChI is InChI=1S/C14H19NO5S/c1-2-3-6-11(14(16)17)15-21(18,19)12-7-4-5-10-8-9-20-13(10)12/h4-5,7,11,15H,2-3,6,8-9H2,1H3,(H,16,17). The van der Waals surface area contributed by atoms with Crippen molar-refractivity contribution < 1.29 is 23.1 Å². The number of rotatable bonds is 7. The van der Waals surface area contributed by atoms with Crippen molar-refractivity contribution in [3.63, 3.8) is 0 Å². The number of benzene rings is 1. The fraction of sp³-hybridized carbons (Fsp3) is 0.500. The lowest BCUT2D eigenvalue weighted by molar-refractivity contribution is -0.139. The zero-order chi connectivity index (χ0) is 15.5. The summed E-state index contributed by atoms with van der Waals surface area (Å²) in [6.45, 7) is 2.37. The van der Waals surface area contributed by atoms with Gasteiger partial charge in [-0.3, -0.25) is 4.79 Å². The zero-order valence-corrected chi connectivity index (χ0v) is 12.6. The largest absolute Gasteiger partial charge is 0.492 e. The van der Waals surface area contributed by atoms with Gasteiger partial charge in [-0.25, -0.2) is 8.42 Å². The number of hydrogen-bond donors (Lipinski definition) is 2. The van der Waals surface area contributed by atoms with Gasteiger partial charge in [-0.1, -0.05) is 31.9 Å². The molecule has 7 heteroatoms. The fourth-order valence-corrected chi connectivity index (χ4v) is 3.70. The van der Waals surface area contributed by atoms with Crippen LogP contribution in [0.4, 0.5) is 0 Å². The van der Waals surface area contributed by atoms with E-state index in [-0.39, 0.29) is 11.3 Å². The Balaban J connectivity index is 2.26. The minimum absolute atomic E-state index is 0.0141. The van der Waals surface area contributed by atoms with Gasteiger partial charge in [0.15, 0.2) is 0 Å². The predicted molar refractivity (Wildman–Crippen MR) is 76.9 cm³/mol. The quantitative estimate of drug-likeness (QED) is 0.796. The second-order valence-electron chi connectivity index (χ2n) is 5.00. The third-order valence-corrected chi connectivity index (χ3v) is 4.90. The molecule has 21 heavy (non-hydrogen) atoms. The van der Waals surface area contributed by atoms with Crippen molar-refractivity contribution in [2.45, 2.75) is 43.5 Å². The van der Waals surface area contributed by atoms with Crippen molar-refractivity contribution in [3.8, 4) is 5.75 Å². The maximum Gasteiger partial charge on any atom is 0.321 e. The molecule has 1 aromatic rings. The summed E-state index contributed by atoms with van der Waals surface area (Å²) in [6.07, 6.45) is 2.37. The van der Waals surface area contributed by atoms with Crippen molar-refractivity contribution in [1.82, 2.24) is 4.72 Å². The molecule has 0 aromatic heterocycles. The first-order chi connectivity index (χ1) is 9.95. The molecule has 1 atom stereocenters. The third kappa shape index (κ3) is 3.54. The molecule has 2 N–H and O–H groups in total. The summed E-state index contributed by atoms with van der Waals surface area (Å²) in [4.78, 5) is 11.2. The lowest BCUT2D eigenvalue weighted by Crippen LogP contribution is -2.40. The predicted octanol–water partition coefficient (Wildman–Crippen LogP) is 1.54. The van der Waals surface area contributed by atoms with E-state index in [0.717, 1.165) is 12.0 Å². The number of nitrogens with one attached hydrogen (secondary N) is 1. The molecule has 116 valence electrons. The molecule has 1 aliphatic rings. The third-order valence-electron chi connectivity index (χ3n) is 3.41. The summed E-state index contributed by atoms with van der Waals surface area (Å²) in [5.74, 6) is -0.829. The Morgan fingerprint density at radius 2 is 2.24 bits per heavy atom. The van der Waals surface area contributed by atoms with Gasteiger partial charge in [-0.15, -0.1) is 0 Å². The van der Waals surface area contributed by atoms with Crippen LogP contribution in [0.2, 0.25) is 0 Å². The molecule has 0 radical (unpaired) electrons. The molecule has 0 aliphatic carbocycles. The van der Waals surface area contributed by atoms with Gasteiger partial charge >= 0.3 is 5.97 Å². The van der Waals surface area contributed by atoms with Crippen LogP contribution in [0.25, 0.3) is 0 Å². The number of carboxylic acids is 1. The van der Waals surface area contributed by atoms with Gasteiger partial charge < -0.3 is 9.84 Å². The van der Waals surface area contributed by atoms with Crippen LogP contribution in [0.1, 0.15) is 31.7 Å². The maximum absolute atomic E-state index is 12.4. The van der Waals surface area contributed by atoms with Gasteiger partial charge in [0.05, 0.1) is 6.61 Å². The van der Waals surface area contributed by atoms with Crippen LogP contribution in [0.3, 0.4) is 0 Å². The van der Waals surface area contributed by atoms with Gasteiger partial charge in [0.1, 0.15) is 16.7 Å². The van der Waals surface area contributed by atoms with E-state index in [1.807, 2.05) is 13.0 Å². The SMILES string of the molecule is CCCCC(NS(=O)(=O)c1cccc2c1OCC2)C(=O)O. The van der Waals surface area contributed by atoms with Crippen LogP contribution in [0, 0.1) is 0 Å². The van der Waals surface area contributed by atoms with Crippen molar-refractivity contribution in [3.05, 3.63) is 23.8 Å². The highest BCUT2D eigenvalue weighted by Crippen LogP contribution is 2.32. The molecule has 2 rings (SSSR count). The minimum Gasteiger partial charge on any atom is -0.492 e. The number of ether oxygens (including phenoxy) is 1. The van der Waals surface area contributed by atoms with E-state index in [1.165, 1.54) is 6.07 Å². The number of para-hydroxylation sites is 1. The average molecular weight is 313 g/mol. The first kappa shape index (κ1) is 15.8. The van der Waals surface area contributed by atoms with Crippen LogP contribution in [-0.4, -0.2) is 32.1 Å². The summed E-state index contributed by atoms with van der Waals surface area (Å²) in [5, 5.41) is 9.15. The van der Waals surface area contributed by atoms with Gasteiger partial charge in [0.25, 0.3) is 0 Å². The summed E-state index contributed by atoms with van der Waals surface area (Å²) in [5.41, 5.74) is 0.832. The summed E-state index contributed by atoms with van der Waals surface area (Å²) >= 11 is 0. The molecule has 1 unspecified atom stereocenters. The van der Waals surface area contributed by atoms with Gasteiger partial charge in [0, 0.05) is 6.42 Å². The van der Waals surface area contributed by atoms with Crippen molar-refractivity contribution in [2.24, 2.45) is 0 Å². The van der Waals surface area contributed by atoms with Gasteiger partial charge in [0.2, 0.25) is 10.0 Å². The van der Waals surface area contributed by atoms with E-state index < -0.39 is 22.0 Å². The molecule has 1 aliphatic heterocycles. The molecule has 0 saturated carbocycles. The fourth-order valence-electron chi connectivity index (χ4n) is 2.29. The summed E-state index contributed by atoms with van der Waals surface area (Å²) in [6, 6.07) is 3.77. The second-order valence-corrected chi connectivity index (χ2v) is 6.68. The van der Waals surface area contributed by atoms with E-state index >= 15 is 0 Å². The number of carbonyl (C=O) groups is 1. The van der Waals surface area contributed by atoms with Gasteiger partial charge in [-0.2, -0.15) is 4.72 Å². The molecule has 0 amide bonds. The maximum atomic E-state index is 12.4. The van der Waals surface area contributed by atoms with Crippen molar-refractivity contribution >= 4 is 16.0 Å². The lowest BCUT2D eigenvalue weighted by atomic mass is 10.1. The molecule has 0 spiro atoms. The monoisotopic (exact) mass is 313 g/mol. The van der Waals surface area contributed by atoms with Crippen LogP contribution < -0.4 is 9.46 Å². The number of aliphatic carboxylic acids is 1. The number of unbranched alkanes of at least 4 members (excludes halogenated alkanes) is 1. The lowest BCUT2D eigenvalue weighted by Gasteiger charge is -2.15. The van der Waals surface area contributed by atoms with Crippen LogP contribution in [-0.2, 0) is 21.2 Å². The van der Waals surface area contributed by atoms with Crippen LogP contribution >= 0.6 is 0 Å². The average Bonchev–Trinajstić information content (AvgIpc) is 2.91. The van der Waals surface area contributed by atoms with Gasteiger partial charge in [-0.05, 0) is 18.1 Å². The number of fused-ring (bicyclic) bond motifs is 1. The highest BCUT2D eigenvalue weighted by molar-refractivity contribution is 7.89. The van der Waals surface area contributed by atoms with Crippen molar-refractivity contribution in [1.29, 1.82) is 0 Å². The Kier molecular flexibility index (Phi) is 4.84. The Bertz CT molecular complexity index is 626. The zero-order valence-electron chi connectivity index (χ0n) is 11.8. The van der Waals surface area contributed by atoms with Crippen molar-refractivity contribution in [2.75, 3.05) is 6.61 Å². The minimum atomic E-state index is -3.92. The van der Waals surface area contributed by atoms with E-state index in [2.05, 4.69) is 4.72 Å². The van der Waals surface area contributed by atoms with Crippen LogP contribution in [0.15, 0.2) is 23.1 Å². The highest BCUT2D eigenvalue weighted by atomic mass is 32.2. The molecular weight excluding hydrogens is 294 g/mol. The Labute approximate surface area is 124 Å². The molecule has 1 heterocycles. The number of carboxylic acid groups (broad SMARTS) is 1. The molecule has 0 saturated heterocycles. The Hall–Kier alpha value is -1.60. The number of hydrogen-bond acceptors (Lipinski definition) is 4. The molecular formula is C14H19NO5S. The van der Waals surface area contributed by atoms with E-state index in [4.69, 9.17) is 9.84 Å². The smallest absolute Gasteiger partial charge is 0.321 e. The van der Waals surface area contributed by atoms with E-state index in [0.29, 0.717) is 25.2 Å². The molecule has 0 fully saturated rings. The Morgan fingerprint density at radius 3 is 2.90 bits per heavy atom. The first-order valence-corrected chi connectivity index (χ1v) is 8.44. The van der Waals surface area contributed by atoms with E-state index in [9.17, 15) is 13.2 Å². The topological polar surface area (TPSA) is 92.7 Å². The number of sulfonamides is 1. The molecule has 1 aromatic carbocycles. The Morgan fingerprint density at radius 1 is 1.48 bits per heavy atom. The summed E-state index contributed by atoms with van der Waals surface area (Å²) < 4.78 is 32.5. The normalized spacial score (nSPS) is 15.3. The molecule has 6 nitrogen and oxygen atoms in total.